The number of carbonyl (C=O) groups is 1. The summed E-state index contributed by atoms with van der Waals surface area (Å²) in [6, 6.07) is 1.76. The second-order valence-corrected chi connectivity index (χ2v) is 3.87. The average Bonchev–Trinajstić information content (AvgIpc) is 2.96. The molecular formula is C10H14N4O2. The minimum Gasteiger partial charge on any atom is -0.481 e. The average molecular weight is 222 g/mol. The van der Waals surface area contributed by atoms with E-state index in [2.05, 4.69) is 20.6 Å². The minimum absolute atomic E-state index is 0.00324. The summed E-state index contributed by atoms with van der Waals surface area (Å²) in [4.78, 5) is 19.0. The van der Waals surface area contributed by atoms with Crippen LogP contribution in [0.3, 0.4) is 0 Å². The number of nitrogens with zero attached hydrogens (tertiary/aromatic N) is 2. The smallest absolute Gasteiger partial charge is 0.308 e. The zero-order valence-corrected chi connectivity index (χ0v) is 9.19. The molecule has 0 saturated heterocycles. The molecule has 0 radical (unpaired) electrons. The van der Waals surface area contributed by atoms with Crippen molar-refractivity contribution in [2.75, 3.05) is 17.7 Å². The SMILES string of the molecule is CNc1cc(NC2CC2C(=O)O)nc(C)n1. The third kappa shape index (κ3) is 2.21. The van der Waals surface area contributed by atoms with Gasteiger partial charge in [0.2, 0.25) is 0 Å². The van der Waals surface area contributed by atoms with Gasteiger partial charge < -0.3 is 15.7 Å². The Hall–Kier alpha value is -1.85. The number of nitrogens with one attached hydrogen (secondary N) is 2. The lowest BCUT2D eigenvalue weighted by molar-refractivity contribution is -0.138. The van der Waals surface area contributed by atoms with Crippen LogP contribution >= 0.6 is 0 Å². The van der Waals surface area contributed by atoms with Crippen molar-refractivity contribution < 1.29 is 9.90 Å². The summed E-state index contributed by atoms with van der Waals surface area (Å²) in [6.45, 7) is 1.80. The molecule has 0 aromatic carbocycles. The molecule has 16 heavy (non-hydrogen) atoms. The molecule has 2 atom stereocenters. The van der Waals surface area contributed by atoms with Gasteiger partial charge in [-0.2, -0.15) is 0 Å². The van der Waals surface area contributed by atoms with Crippen LogP contribution in [0.4, 0.5) is 11.6 Å². The molecule has 0 bridgehead atoms. The normalized spacial score (nSPS) is 22.6. The molecule has 1 heterocycles. The van der Waals surface area contributed by atoms with Gasteiger partial charge in [-0.05, 0) is 13.3 Å². The summed E-state index contributed by atoms with van der Waals surface area (Å²) >= 11 is 0. The predicted molar refractivity (Wildman–Crippen MR) is 59.5 cm³/mol. The van der Waals surface area contributed by atoms with Crippen molar-refractivity contribution in [1.82, 2.24) is 9.97 Å². The van der Waals surface area contributed by atoms with Gasteiger partial charge in [-0.3, -0.25) is 4.79 Å². The van der Waals surface area contributed by atoms with E-state index in [9.17, 15) is 4.79 Å². The second kappa shape index (κ2) is 3.96. The van der Waals surface area contributed by atoms with Crippen LogP contribution in [0.15, 0.2) is 6.07 Å². The van der Waals surface area contributed by atoms with E-state index in [0.717, 1.165) is 5.82 Å². The number of anilines is 2. The van der Waals surface area contributed by atoms with Crippen LogP contribution in [-0.4, -0.2) is 34.1 Å². The van der Waals surface area contributed by atoms with Crippen molar-refractivity contribution in [1.29, 1.82) is 0 Å². The van der Waals surface area contributed by atoms with E-state index < -0.39 is 5.97 Å². The van der Waals surface area contributed by atoms with Crippen LogP contribution in [-0.2, 0) is 4.79 Å². The van der Waals surface area contributed by atoms with Crippen LogP contribution in [0.5, 0.6) is 0 Å². The number of aromatic nitrogens is 2. The van der Waals surface area contributed by atoms with Gasteiger partial charge in [-0.1, -0.05) is 0 Å². The van der Waals surface area contributed by atoms with Crippen molar-refractivity contribution in [3.8, 4) is 0 Å². The Morgan fingerprint density at radius 3 is 2.75 bits per heavy atom. The lowest BCUT2D eigenvalue weighted by Crippen LogP contribution is -2.12. The second-order valence-electron chi connectivity index (χ2n) is 3.87. The Labute approximate surface area is 93.1 Å². The first-order valence-corrected chi connectivity index (χ1v) is 5.13. The molecule has 1 aromatic heterocycles. The summed E-state index contributed by atoms with van der Waals surface area (Å²) in [5.74, 6) is 1.01. The molecular weight excluding hydrogens is 208 g/mol. The maximum atomic E-state index is 10.7. The van der Waals surface area contributed by atoms with Gasteiger partial charge in [0.25, 0.3) is 0 Å². The molecule has 3 N–H and O–H groups in total. The van der Waals surface area contributed by atoms with Crippen LogP contribution in [0.25, 0.3) is 0 Å². The highest BCUT2D eigenvalue weighted by molar-refractivity contribution is 5.75. The van der Waals surface area contributed by atoms with Crippen molar-refractivity contribution in [2.24, 2.45) is 5.92 Å². The molecule has 6 heteroatoms. The van der Waals surface area contributed by atoms with Crippen molar-refractivity contribution >= 4 is 17.6 Å². The van der Waals surface area contributed by atoms with E-state index in [4.69, 9.17) is 5.11 Å². The van der Waals surface area contributed by atoms with Crippen LogP contribution in [0.1, 0.15) is 12.2 Å². The van der Waals surface area contributed by atoms with E-state index in [-0.39, 0.29) is 12.0 Å². The summed E-state index contributed by atoms with van der Waals surface area (Å²) < 4.78 is 0. The Balaban J connectivity index is 2.05. The third-order valence-electron chi connectivity index (χ3n) is 2.54. The highest BCUT2D eigenvalue weighted by Crippen LogP contribution is 2.33. The molecule has 2 unspecified atom stereocenters. The molecule has 2 rings (SSSR count). The third-order valence-corrected chi connectivity index (χ3v) is 2.54. The molecule has 86 valence electrons. The van der Waals surface area contributed by atoms with Gasteiger partial charge in [-0.25, -0.2) is 9.97 Å². The number of carboxylic acids is 1. The zero-order chi connectivity index (χ0) is 11.7. The largest absolute Gasteiger partial charge is 0.481 e. The number of aliphatic carboxylic acids is 1. The van der Waals surface area contributed by atoms with Gasteiger partial charge in [0.1, 0.15) is 17.5 Å². The first kappa shape index (κ1) is 10.7. The van der Waals surface area contributed by atoms with Gasteiger partial charge >= 0.3 is 5.97 Å². The first-order chi connectivity index (χ1) is 7.60. The lowest BCUT2D eigenvalue weighted by atomic mass is 10.4. The standard InChI is InChI=1S/C10H14N4O2/c1-5-12-8(11-2)4-9(13-5)14-7-3-6(7)10(15)16/h4,6-7H,3H2,1-2H3,(H,15,16)(H2,11,12,13,14). The number of hydrogen-bond acceptors (Lipinski definition) is 5. The topological polar surface area (TPSA) is 87.1 Å². The Kier molecular flexibility index (Phi) is 2.64. The van der Waals surface area contributed by atoms with Gasteiger partial charge in [-0.15, -0.1) is 0 Å². The molecule has 1 saturated carbocycles. The van der Waals surface area contributed by atoms with E-state index in [1.165, 1.54) is 0 Å². The molecule has 1 aliphatic rings. The quantitative estimate of drug-likeness (QED) is 0.695. The van der Waals surface area contributed by atoms with E-state index in [1.807, 2.05) is 0 Å². The molecule has 0 spiro atoms. The summed E-state index contributed by atoms with van der Waals surface area (Å²) in [5.41, 5.74) is 0. The monoisotopic (exact) mass is 222 g/mol. The Bertz CT molecular complexity index is 421. The minimum atomic E-state index is -0.753. The maximum Gasteiger partial charge on any atom is 0.308 e. The fraction of sp³-hybridized carbons (Fsp3) is 0.500. The van der Waals surface area contributed by atoms with Crippen LogP contribution < -0.4 is 10.6 Å². The van der Waals surface area contributed by atoms with Crippen molar-refractivity contribution in [2.45, 2.75) is 19.4 Å². The predicted octanol–water partition coefficient (Wildman–Crippen LogP) is 0.712. The Morgan fingerprint density at radius 2 is 2.19 bits per heavy atom. The van der Waals surface area contributed by atoms with Gasteiger partial charge in [0, 0.05) is 19.2 Å². The Morgan fingerprint density at radius 1 is 1.50 bits per heavy atom. The van der Waals surface area contributed by atoms with Gasteiger partial charge in [0.15, 0.2) is 0 Å². The summed E-state index contributed by atoms with van der Waals surface area (Å²) in [7, 11) is 1.78. The maximum absolute atomic E-state index is 10.7. The van der Waals surface area contributed by atoms with E-state index in [1.54, 1.807) is 20.0 Å². The fourth-order valence-electron chi connectivity index (χ4n) is 1.59. The number of rotatable bonds is 4. The number of hydrogen-bond donors (Lipinski definition) is 3. The highest BCUT2D eigenvalue weighted by atomic mass is 16.4. The van der Waals surface area contributed by atoms with E-state index >= 15 is 0 Å². The molecule has 1 aromatic rings. The summed E-state index contributed by atoms with van der Waals surface area (Å²) in [5, 5.41) is 14.8. The summed E-state index contributed by atoms with van der Waals surface area (Å²) in [6.07, 6.45) is 0.660. The highest BCUT2D eigenvalue weighted by Gasteiger charge is 2.43. The number of carboxylic acid groups (broad SMARTS) is 1. The molecule has 6 nitrogen and oxygen atoms in total. The lowest BCUT2D eigenvalue weighted by Gasteiger charge is -2.07. The molecule has 0 amide bonds. The van der Waals surface area contributed by atoms with Gasteiger partial charge in [0.05, 0.1) is 5.92 Å². The van der Waals surface area contributed by atoms with Crippen LogP contribution in [0.2, 0.25) is 0 Å². The van der Waals surface area contributed by atoms with E-state index in [0.29, 0.717) is 18.1 Å². The first-order valence-electron chi connectivity index (χ1n) is 5.13. The zero-order valence-electron chi connectivity index (χ0n) is 9.19. The molecule has 1 aliphatic carbocycles. The molecule has 0 aliphatic heterocycles. The fourth-order valence-corrected chi connectivity index (χ4v) is 1.59. The van der Waals surface area contributed by atoms with Crippen LogP contribution in [0, 0.1) is 12.8 Å². The van der Waals surface area contributed by atoms with Crippen molar-refractivity contribution in [3.63, 3.8) is 0 Å². The molecule has 1 fully saturated rings. The van der Waals surface area contributed by atoms with Crippen molar-refractivity contribution in [3.05, 3.63) is 11.9 Å². The number of aryl methyl sites for hydroxylation is 1.